The van der Waals surface area contributed by atoms with Crippen molar-refractivity contribution in [2.45, 2.75) is 17.9 Å². The molecule has 0 fully saturated rings. The summed E-state index contributed by atoms with van der Waals surface area (Å²) in [6.45, 7) is 1.72. The van der Waals surface area contributed by atoms with Crippen molar-refractivity contribution in [2.75, 3.05) is 0 Å². The first-order chi connectivity index (χ1) is 10.1. The van der Waals surface area contributed by atoms with Gasteiger partial charge in [0.05, 0.1) is 11.7 Å². The molecule has 3 rings (SSSR count). The monoisotopic (exact) mass is 304 g/mol. The summed E-state index contributed by atoms with van der Waals surface area (Å²) < 4.78 is 32.1. The molecule has 0 unspecified atom stereocenters. The van der Waals surface area contributed by atoms with E-state index in [1.54, 1.807) is 43.5 Å². The molecule has 2 aromatic heterocycles. The van der Waals surface area contributed by atoms with Gasteiger partial charge in [0, 0.05) is 6.20 Å². The van der Waals surface area contributed by atoms with E-state index in [-0.39, 0.29) is 10.4 Å². The van der Waals surface area contributed by atoms with Gasteiger partial charge in [-0.15, -0.1) is 0 Å². The minimum Gasteiger partial charge on any atom is -0.260 e. The number of benzene rings is 1. The molecule has 108 valence electrons. The first-order valence-corrected chi connectivity index (χ1v) is 7.71. The van der Waals surface area contributed by atoms with Crippen molar-refractivity contribution in [3.63, 3.8) is 0 Å². The highest BCUT2D eigenvalue weighted by Gasteiger charge is 2.23. The van der Waals surface area contributed by atoms with E-state index < -0.39 is 16.1 Å². The average Bonchev–Trinajstić information content (AvgIpc) is 2.95. The van der Waals surface area contributed by atoms with Crippen molar-refractivity contribution in [3.8, 4) is 0 Å². The summed E-state index contributed by atoms with van der Waals surface area (Å²) in [5.41, 5.74) is 1.23. The largest absolute Gasteiger partial charge is 0.260 e. The molecule has 1 N–H and O–H groups in total. The first-order valence-electron chi connectivity index (χ1n) is 6.22. The van der Waals surface area contributed by atoms with Crippen molar-refractivity contribution in [1.29, 1.82) is 0 Å². The third-order valence-corrected chi connectivity index (χ3v) is 4.57. The lowest BCUT2D eigenvalue weighted by molar-refractivity contribution is 0.315. The lowest BCUT2D eigenvalue weighted by atomic mass is 10.2. The van der Waals surface area contributed by atoms with E-state index >= 15 is 0 Å². The fourth-order valence-electron chi connectivity index (χ4n) is 1.99. The van der Waals surface area contributed by atoms with Gasteiger partial charge in [-0.25, -0.2) is 17.8 Å². The Morgan fingerprint density at radius 3 is 2.76 bits per heavy atom. The van der Waals surface area contributed by atoms with Crippen LogP contribution in [0.15, 0.2) is 52.1 Å². The molecule has 0 spiro atoms. The van der Waals surface area contributed by atoms with Gasteiger partial charge in [0.1, 0.15) is 10.4 Å². The zero-order valence-electron chi connectivity index (χ0n) is 11.1. The number of sulfonamides is 1. The summed E-state index contributed by atoms with van der Waals surface area (Å²) in [5, 5.41) is 7.28. The number of hydrogen-bond donors (Lipinski definition) is 1. The van der Waals surface area contributed by atoms with E-state index in [0.717, 1.165) is 0 Å². The van der Waals surface area contributed by atoms with E-state index in [1.165, 1.54) is 6.07 Å². The maximum Gasteiger partial charge on any atom is 0.243 e. The zero-order chi connectivity index (χ0) is 14.9. The molecule has 0 saturated carbocycles. The van der Waals surface area contributed by atoms with Crippen LogP contribution in [0.1, 0.15) is 18.7 Å². The topological polar surface area (TPSA) is 98.0 Å². The van der Waals surface area contributed by atoms with Gasteiger partial charge in [0.15, 0.2) is 5.52 Å². The van der Waals surface area contributed by atoms with Crippen molar-refractivity contribution in [3.05, 3.63) is 48.3 Å². The molecule has 0 bridgehead atoms. The third kappa shape index (κ3) is 2.63. The Kier molecular flexibility index (Phi) is 3.40. The highest BCUT2D eigenvalue weighted by molar-refractivity contribution is 7.89. The molecule has 0 saturated heterocycles. The second-order valence-electron chi connectivity index (χ2n) is 4.49. The molecule has 1 aromatic carbocycles. The Morgan fingerprint density at radius 1 is 1.14 bits per heavy atom. The Morgan fingerprint density at radius 2 is 2.00 bits per heavy atom. The molecule has 7 nitrogen and oxygen atoms in total. The lowest BCUT2D eigenvalue weighted by Gasteiger charge is -2.13. The number of nitrogens with zero attached hydrogens (tertiary/aromatic N) is 3. The highest BCUT2D eigenvalue weighted by Crippen LogP contribution is 2.21. The van der Waals surface area contributed by atoms with Crippen molar-refractivity contribution >= 4 is 21.1 Å². The molecule has 0 aliphatic carbocycles. The number of nitrogens with one attached hydrogen (secondary N) is 1. The van der Waals surface area contributed by atoms with E-state index in [9.17, 15) is 8.42 Å². The van der Waals surface area contributed by atoms with Gasteiger partial charge in [0.2, 0.25) is 10.0 Å². The smallest absolute Gasteiger partial charge is 0.243 e. The van der Waals surface area contributed by atoms with Gasteiger partial charge in [-0.1, -0.05) is 12.1 Å². The van der Waals surface area contributed by atoms with Crippen molar-refractivity contribution < 1.29 is 13.0 Å². The maximum atomic E-state index is 12.5. The molecule has 0 amide bonds. The van der Waals surface area contributed by atoms with Crippen LogP contribution in [0.25, 0.3) is 11.0 Å². The SMILES string of the molecule is C[C@H](NS(=O)(=O)c1cccc2nonc12)c1ccccn1. The quantitative estimate of drug-likeness (QED) is 0.787. The van der Waals surface area contributed by atoms with Crippen LogP contribution in [-0.4, -0.2) is 23.7 Å². The minimum atomic E-state index is -3.76. The van der Waals surface area contributed by atoms with Gasteiger partial charge in [-0.3, -0.25) is 4.98 Å². The first kappa shape index (κ1) is 13.7. The molecule has 3 aromatic rings. The number of pyridine rings is 1. The Labute approximate surface area is 121 Å². The molecule has 2 heterocycles. The fourth-order valence-corrected chi connectivity index (χ4v) is 3.35. The van der Waals surface area contributed by atoms with Crippen LogP contribution in [0.2, 0.25) is 0 Å². The van der Waals surface area contributed by atoms with Crippen LogP contribution in [0.3, 0.4) is 0 Å². The Hall–Kier alpha value is -2.32. The van der Waals surface area contributed by atoms with E-state index in [1.807, 2.05) is 0 Å². The molecule has 0 radical (unpaired) electrons. The van der Waals surface area contributed by atoms with Crippen LogP contribution in [0, 0.1) is 0 Å². The van der Waals surface area contributed by atoms with Gasteiger partial charge in [-0.05, 0) is 41.5 Å². The molecule has 1 atom stereocenters. The second-order valence-corrected chi connectivity index (χ2v) is 6.17. The van der Waals surface area contributed by atoms with Crippen molar-refractivity contribution in [1.82, 2.24) is 20.0 Å². The Bertz CT molecular complexity index is 861. The van der Waals surface area contributed by atoms with Gasteiger partial charge in [-0.2, -0.15) is 0 Å². The summed E-state index contributed by atoms with van der Waals surface area (Å²) in [7, 11) is -3.76. The molecular weight excluding hydrogens is 292 g/mol. The minimum absolute atomic E-state index is 0.0315. The summed E-state index contributed by atoms with van der Waals surface area (Å²) in [5.74, 6) is 0. The number of fused-ring (bicyclic) bond motifs is 1. The maximum absolute atomic E-state index is 12.5. The van der Waals surface area contributed by atoms with Crippen LogP contribution < -0.4 is 4.72 Å². The predicted molar refractivity (Wildman–Crippen MR) is 74.8 cm³/mol. The van der Waals surface area contributed by atoms with Crippen LogP contribution in [-0.2, 0) is 10.0 Å². The van der Waals surface area contributed by atoms with Crippen LogP contribution >= 0.6 is 0 Å². The fraction of sp³-hybridized carbons (Fsp3) is 0.154. The number of rotatable bonds is 4. The summed E-state index contributed by atoms with van der Waals surface area (Å²) >= 11 is 0. The van der Waals surface area contributed by atoms with E-state index in [0.29, 0.717) is 11.2 Å². The predicted octanol–water partition coefficient (Wildman–Crippen LogP) is 1.66. The zero-order valence-corrected chi connectivity index (χ0v) is 11.9. The summed E-state index contributed by atoms with van der Waals surface area (Å²) in [6.07, 6.45) is 1.61. The standard InChI is InChI=1S/C13H12N4O3S/c1-9(10-5-2-3-8-14-10)17-21(18,19)12-7-4-6-11-13(12)16-20-15-11/h2-9,17H,1H3/t9-/m0/s1. The highest BCUT2D eigenvalue weighted by atomic mass is 32.2. The third-order valence-electron chi connectivity index (χ3n) is 3.00. The molecular formula is C13H12N4O3S. The van der Waals surface area contributed by atoms with Crippen molar-refractivity contribution in [2.24, 2.45) is 0 Å². The lowest BCUT2D eigenvalue weighted by Crippen LogP contribution is -2.27. The number of hydrogen-bond acceptors (Lipinski definition) is 6. The van der Waals surface area contributed by atoms with Crippen LogP contribution in [0.5, 0.6) is 0 Å². The summed E-state index contributed by atoms with van der Waals surface area (Å²) in [6, 6.07) is 9.54. The van der Waals surface area contributed by atoms with E-state index in [4.69, 9.17) is 0 Å². The molecule has 0 aliphatic rings. The molecule has 0 aliphatic heterocycles. The van der Waals surface area contributed by atoms with Gasteiger partial charge < -0.3 is 0 Å². The second kappa shape index (κ2) is 5.23. The molecule has 21 heavy (non-hydrogen) atoms. The summed E-state index contributed by atoms with van der Waals surface area (Å²) in [4.78, 5) is 4.17. The van der Waals surface area contributed by atoms with Crippen LogP contribution in [0.4, 0.5) is 0 Å². The van der Waals surface area contributed by atoms with Gasteiger partial charge in [0.25, 0.3) is 0 Å². The van der Waals surface area contributed by atoms with Gasteiger partial charge >= 0.3 is 0 Å². The Balaban J connectivity index is 1.96. The number of aromatic nitrogens is 3. The average molecular weight is 304 g/mol. The normalized spacial score (nSPS) is 13.4. The van der Waals surface area contributed by atoms with E-state index in [2.05, 4.69) is 24.6 Å². The molecule has 8 heteroatoms.